The number of aromatic nitrogens is 1. The van der Waals surface area contributed by atoms with E-state index in [1.807, 2.05) is 18.2 Å². The van der Waals surface area contributed by atoms with Gasteiger partial charge in [0.15, 0.2) is 6.04 Å². The summed E-state index contributed by atoms with van der Waals surface area (Å²) in [5.74, 6) is -0.423. The summed E-state index contributed by atoms with van der Waals surface area (Å²) < 4.78 is 1.03. The lowest BCUT2D eigenvalue weighted by Gasteiger charge is -2.04. The van der Waals surface area contributed by atoms with E-state index in [1.165, 1.54) is 23.1 Å². The Hall–Kier alpha value is -1.64. The lowest BCUT2D eigenvalue weighted by molar-refractivity contribution is -0.137. The van der Waals surface area contributed by atoms with Gasteiger partial charge in [-0.25, -0.2) is 9.78 Å². The number of benzene rings is 1. The Labute approximate surface area is 135 Å². The van der Waals surface area contributed by atoms with E-state index in [0.29, 0.717) is 17.2 Å². The van der Waals surface area contributed by atoms with Crippen LogP contribution >= 0.6 is 23.1 Å². The SMILES string of the molecule is O=C(O)[C@H]1CSC(c2nc3ccc(NCCCO)cc3s2)=N1. The summed E-state index contributed by atoms with van der Waals surface area (Å²) in [5.41, 5.74) is 1.87. The maximum absolute atomic E-state index is 11.0. The van der Waals surface area contributed by atoms with E-state index in [1.54, 1.807) is 0 Å². The van der Waals surface area contributed by atoms with Gasteiger partial charge in [0.2, 0.25) is 0 Å². The summed E-state index contributed by atoms with van der Waals surface area (Å²) in [5, 5.41) is 22.5. The van der Waals surface area contributed by atoms with Gasteiger partial charge in [-0.1, -0.05) is 0 Å². The van der Waals surface area contributed by atoms with E-state index in [-0.39, 0.29) is 6.61 Å². The van der Waals surface area contributed by atoms with Crippen molar-refractivity contribution in [2.45, 2.75) is 12.5 Å². The minimum Gasteiger partial charge on any atom is -0.480 e. The molecule has 1 aromatic carbocycles. The number of nitrogens with zero attached hydrogens (tertiary/aromatic N) is 2. The van der Waals surface area contributed by atoms with Gasteiger partial charge in [0, 0.05) is 24.6 Å². The molecular formula is C14H15N3O3S2. The second-order valence-corrected chi connectivity index (χ2v) is 6.84. The summed E-state index contributed by atoms with van der Waals surface area (Å²) in [4.78, 5) is 19.7. The summed E-state index contributed by atoms with van der Waals surface area (Å²) in [7, 11) is 0. The topological polar surface area (TPSA) is 94.8 Å². The van der Waals surface area contributed by atoms with E-state index >= 15 is 0 Å². The first-order valence-corrected chi connectivity index (χ1v) is 8.66. The molecule has 116 valence electrons. The molecule has 1 atom stereocenters. The maximum atomic E-state index is 11.0. The number of carboxylic acids is 1. The van der Waals surface area contributed by atoms with Crippen molar-refractivity contribution in [3.8, 4) is 0 Å². The van der Waals surface area contributed by atoms with E-state index in [2.05, 4.69) is 15.3 Å². The van der Waals surface area contributed by atoms with Gasteiger partial charge in [0.25, 0.3) is 0 Å². The van der Waals surface area contributed by atoms with Crippen LogP contribution in [0.5, 0.6) is 0 Å². The van der Waals surface area contributed by atoms with Crippen molar-refractivity contribution >= 4 is 50.0 Å². The molecule has 0 unspecified atom stereocenters. The lowest BCUT2D eigenvalue weighted by atomic mass is 10.3. The van der Waals surface area contributed by atoms with Crippen LogP contribution in [0.3, 0.4) is 0 Å². The first-order chi connectivity index (χ1) is 10.7. The molecule has 0 fully saturated rings. The van der Waals surface area contributed by atoms with Crippen LogP contribution < -0.4 is 5.32 Å². The van der Waals surface area contributed by atoms with Crippen LogP contribution in [0.15, 0.2) is 23.2 Å². The Bertz CT molecular complexity index is 729. The zero-order valence-corrected chi connectivity index (χ0v) is 13.3. The molecule has 22 heavy (non-hydrogen) atoms. The third kappa shape index (κ3) is 3.23. The summed E-state index contributed by atoms with van der Waals surface area (Å²) in [6.07, 6.45) is 0.704. The van der Waals surface area contributed by atoms with Crippen LogP contribution in [0.2, 0.25) is 0 Å². The van der Waals surface area contributed by atoms with E-state index < -0.39 is 12.0 Å². The minimum atomic E-state index is -0.890. The molecule has 8 heteroatoms. The van der Waals surface area contributed by atoms with Crippen molar-refractivity contribution in [2.75, 3.05) is 24.2 Å². The fraction of sp³-hybridized carbons (Fsp3) is 0.357. The average Bonchev–Trinajstić information content (AvgIpc) is 3.13. The fourth-order valence-electron chi connectivity index (χ4n) is 2.06. The Morgan fingerprint density at radius 3 is 3.05 bits per heavy atom. The number of carbonyl (C=O) groups is 1. The Balaban J connectivity index is 1.81. The number of fused-ring (bicyclic) bond motifs is 1. The van der Waals surface area contributed by atoms with Crippen LogP contribution in [0.25, 0.3) is 10.2 Å². The number of anilines is 1. The second kappa shape index (κ2) is 6.64. The van der Waals surface area contributed by atoms with Gasteiger partial charge >= 0.3 is 5.97 Å². The highest BCUT2D eigenvalue weighted by atomic mass is 32.2. The van der Waals surface area contributed by atoms with E-state index in [0.717, 1.165) is 27.5 Å². The first kappa shape index (κ1) is 15.3. The number of hydrogen-bond acceptors (Lipinski definition) is 7. The van der Waals surface area contributed by atoms with Crippen molar-refractivity contribution in [1.82, 2.24) is 4.98 Å². The quantitative estimate of drug-likeness (QED) is 0.698. The molecule has 0 bridgehead atoms. The molecule has 0 saturated heterocycles. The van der Waals surface area contributed by atoms with Crippen molar-refractivity contribution < 1.29 is 15.0 Å². The molecule has 3 rings (SSSR count). The summed E-state index contributed by atoms with van der Waals surface area (Å²) in [6, 6.07) is 5.24. The Morgan fingerprint density at radius 1 is 1.45 bits per heavy atom. The largest absolute Gasteiger partial charge is 0.480 e. The molecule has 2 aromatic rings. The molecule has 3 N–H and O–H groups in total. The highest BCUT2D eigenvalue weighted by Crippen LogP contribution is 2.31. The smallest absolute Gasteiger partial charge is 0.329 e. The lowest BCUT2D eigenvalue weighted by Crippen LogP contribution is -2.17. The monoisotopic (exact) mass is 337 g/mol. The van der Waals surface area contributed by atoms with Gasteiger partial charge in [0.05, 0.1) is 10.2 Å². The zero-order chi connectivity index (χ0) is 15.5. The first-order valence-electron chi connectivity index (χ1n) is 6.86. The molecule has 2 heterocycles. The molecule has 0 spiro atoms. The van der Waals surface area contributed by atoms with Gasteiger partial charge < -0.3 is 15.5 Å². The van der Waals surface area contributed by atoms with Crippen LogP contribution in [0, 0.1) is 0 Å². The predicted molar refractivity (Wildman–Crippen MR) is 90.2 cm³/mol. The highest BCUT2D eigenvalue weighted by Gasteiger charge is 2.26. The molecule has 1 aliphatic heterocycles. The van der Waals surface area contributed by atoms with Crippen molar-refractivity contribution in [1.29, 1.82) is 0 Å². The summed E-state index contributed by atoms with van der Waals surface area (Å²) >= 11 is 2.96. The van der Waals surface area contributed by atoms with Gasteiger partial charge in [-0.05, 0) is 24.6 Å². The normalized spacial score (nSPS) is 17.7. The third-order valence-electron chi connectivity index (χ3n) is 3.17. The van der Waals surface area contributed by atoms with E-state index in [9.17, 15) is 4.79 Å². The summed E-state index contributed by atoms with van der Waals surface area (Å²) in [6.45, 7) is 0.887. The molecule has 6 nitrogen and oxygen atoms in total. The number of rotatable bonds is 6. The van der Waals surface area contributed by atoms with Crippen LogP contribution in [-0.2, 0) is 4.79 Å². The van der Waals surface area contributed by atoms with Gasteiger partial charge in [-0.2, -0.15) is 0 Å². The number of hydrogen-bond donors (Lipinski definition) is 3. The molecule has 0 amide bonds. The highest BCUT2D eigenvalue weighted by molar-refractivity contribution is 8.15. The van der Waals surface area contributed by atoms with E-state index in [4.69, 9.17) is 10.2 Å². The number of aliphatic hydroxyl groups excluding tert-OH is 1. The number of aliphatic carboxylic acids is 1. The number of aliphatic hydroxyl groups is 1. The molecule has 1 aromatic heterocycles. The van der Waals surface area contributed by atoms with Crippen molar-refractivity contribution in [3.05, 3.63) is 23.2 Å². The van der Waals surface area contributed by atoms with Crippen LogP contribution in [-0.4, -0.2) is 51.2 Å². The molecule has 0 aliphatic carbocycles. The molecule has 0 saturated carbocycles. The minimum absolute atomic E-state index is 0.168. The van der Waals surface area contributed by atoms with Gasteiger partial charge in [-0.15, -0.1) is 23.1 Å². The standard InChI is InChI=1S/C14H15N3O3S2/c18-5-1-4-15-8-2-3-9-11(6-8)22-13(16-9)12-17-10(7-21-12)14(19)20/h2-3,6,10,15,18H,1,4-5,7H2,(H,19,20)/t10-/m1/s1. The van der Waals surface area contributed by atoms with Crippen LogP contribution in [0.4, 0.5) is 5.69 Å². The number of thioether (sulfide) groups is 1. The van der Waals surface area contributed by atoms with Gasteiger partial charge in [0.1, 0.15) is 10.1 Å². The fourth-order valence-corrected chi connectivity index (χ4v) is 4.16. The molecule has 1 aliphatic rings. The Morgan fingerprint density at radius 2 is 2.32 bits per heavy atom. The second-order valence-electron chi connectivity index (χ2n) is 4.80. The molecule has 0 radical (unpaired) electrons. The molecular weight excluding hydrogens is 322 g/mol. The Kier molecular flexibility index (Phi) is 4.60. The number of thiazole rings is 1. The zero-order valence-electron chi connectivity index (χ0n) is 11.7. The van der Waals surface area contributed by atoms with Crippen molar-refractivity contribution in [2.24, 2.45) is 4.99 Å². The predicted octanol–water partition coefficient (Wildman–Crippen LogP) is 2.04. The number of aliphatic imine (C=N–C) groups is 1. The van der Waals surface area contributed by atoms with Crippen molar-refractivity contribution in [3.63, 3.8) is 0 Å². The average molecular weight is 337 g/mol. The van der Waals surface area contributed by atoms with Crippen LogP contribution in [0.1, 0.15) is 11.4 Å². The number of nitrogens with one attached hydrogen (secondary N) is 1. The number of carboxylic acid groups (broad SMARTS) is 1. The third-order valence-corrected chi connectivity index (χ3v) is 5.38. The maximum Gasteiger partial charge on any atom is 0.329 e. The van der Waals surface area contributed by atoms with Gasteiger partial charge in [-0.3, -0.25) is 4.99 Å².